The number of esters is 1. The third-order valence-corrected chi connectivity index (χ3v) is 2.86. The fourth-order valence-electron chi connectivity index (χ4n) is 2.29. The van der Waals surface area contributed by atoms with Gasteiger partial charge < -0.3 is 10.1 Å². The van der Waals surface area contributed by atoms with Crippen molar-refractivity contribution in [1.29, 1.82) is 0 Å². The Balaban J connectivity index is 2.38. The van der Waals surface area contributed by atoms with Crippen molar-refractivity contribution in [3.63, 3.8) is 0 Å². The van der Waals surface area contributed by atoms with Crippen LogP contribution in [0.2, 0.25) is 0 Å². The molecular weight excluding hydrogens is 190 g/mol. The molecule has 0 aromatic carbocycles. The summed E-state index contributed by atoms with van der Waals surface area (Å²) in [6, 6.07) is 0.990. The minimum atomic E-state index is -0.00671. The highest BCUT2D eigenvalue weighted by molar-refractivity contribution is 5.72. The van der Waals surface area contributed by atoms with Gasteiger partial charge in [-0.25, -0.2) is 0 Å². The SMILES string of the molecule is CCOC(=O)C1CCCC(NC(C)C)C1. The average molecular weight is 213 g/mol. The van der Waals surface area contributed by atoms with Crippen LogP contribution in [0.25, 0.3) is 0 Å². The highest BCUT2D eigenvalue weighted by Crippen LogP contribution is 2.25. The number of hydrogen-bond donors (Lipinski definition) is 1. The third kappa shape index (κ3) is 4.20. The van der Waals surface area contributed by atoms with Gasteiger partial charge in [0.25, 0.3) is 0 Å². The molecule has 0 amide bonds. The first-order valence-electron chi connectivity index (χ1n) is 6.06. The van der Waals surface area contributed by atoms with Crippen molar-refractivity contribution in [1.82, 2.24) is 5.32 Å². The van der Waals surface area contributed by atoms with Gasteiger partial charge in [-0.05, 0) is 26.2 Å². The summed E-state index contributed by atoms with van der Waals surface area (Å²) >= 11 is 0. The van der Waals surface area contributed by atoms with Crippen LogP contribution >= 0.6 is 0 Å². The Kier molecular flexibility index (Phi) is 5.09. The molecule has 1 rings (SSSR count). The fourth-order valence-corrected chi connectivity index (χ4v) is 2.29. The van der Waals surface area contributed by atoms with Crippen molar-refractivity contribution in [3.8, 4) is 0 Å². The van der Waals surface area contributed by atoms with Crippen LogP contribution in [0, 0.1) is 5.92 Å². The normalized spacial score (nSPS) is 26.7. The van der Waals surface area contributed by atoms with Crippen molar-refractivity contribution >= 4 is 5.97 Å². The summed E-state index contributed by atoms with van der Waals surface area (Å²) in [7, 11) is 0. The summed E-state index contributed by atoms with van der Waals surface area (Å²) in [5, 5.41) is 3.50. The first-order valence-corrected chi connectivity index (χ1v) is 6.06. The van der Waals surface area contributed by atoms with Crippen molar-refractivity contribution in [2.75, 3.05) is 6.61 Å². The van der Waals surface area contributed by atoms with Gasteiger partial charge in [0.1, 0.15) is 0 Å². The molecule has 1 aliphatic carbocycles. The Morgan fingerprint density at radius 3 is 2.80 bits per heavy atom. The maximum atomic E-state index is 11.6. The number of nitrogens with one attached hydrogen (secondary N) is 1. The van der Waals surface area contributed by atoms with Gasteiger partial charge in [-0.15, -0.1) is 0 Å². The Morgan fingerprint density at radius 2 is 2.20 bits per heavy atom. The number of carbonyl (C=O) groups is 1. The van der Waals surface area contributed by atoms with Crippen LogP contribution in [0.4, 0.5) is 0 Å². The van der Waals surface area contributed by atoms with E-state index in [9.17, 15) is 4.79 Å². The Bertz CT molecular complexity index is 204. The molecule has 15 heavy (non-hydrogen) atoms. The van der Waals surface area contributed by atoms with Crippen LogP contribution < -0.4 is 5.32 Å². The van der Waals surface area contributed by atoms with Crippen LogP contribution in [-0.2, 0) is 9.53 Å². The minimum absolute atomic E-state index is 0.00671. The second-order valence-corrected chi connectivity index (χ2v) is 4.63. The van der Waals surface area contributed by atoms with E-state index in [4.69, 9.17) is 4.74 Å². The van der Waals surface area contributed by atoms with Gasteiger partial charge in [0.05, 0.1) is 12.5 Å². The first-order chi connectivity index (χ1) is 7.13. The quantitative estimate of drug-likeness (QED) is 0.727. The summed E-state index contributed by atoms with van der Waals surface area (Å²) in [4.78, 5) is 11.6. The van der Waals surface area contributed by atoms with E-state index < -0.39 is 0 Å². The molecule has 1 N–H and O–H groups in total. The fraction of sp³-hybridized carbons (Fsp3) is 0.917. The predicted molar refractivity (Wildman–Crippen MR) is 60.7 cm³/mol. The standard InChI is InChI=1S/C12H23NO2/c1-4-15-12(14)10-6-5-7-11(8-10)13-9(2)3/h9-11,13H,4-8H2,1-3H3. The number of hydrogen-bond acceptors (Lipinski definition) is 3. The molecule has 0 saturated heterocycles. The highest BCUT2D eigenvalue weighted by atomic mass is 16.5. The molecule has 0 aromatic heterocycles. The summed E-state index contributed by atoms with van der Waals surface area (Å²) in [6.07, 6.45) is 4.26. The molecule has 1 fully saturated rings. The molecular formula is C12H23NO2. The summed E-state index contributed by atoms with van der Waals surface area (Å²) < 4.78 is 5.07. The van der Waals surface area contributed by atoms with Crippen molar-refractivity contribution in [3.05, 3.63) is 0 Å². The van der Waals surface area contributed by atoms with Crippen LogP contribution in [0.3, 0.4) is 0 Å². The topological polar surface area (TPSA) is 38.3 Å². The van der Waals surface area contributed by atoms with Crippen LogP contribution in [-0.4, -0.2) is 24.7 Å². The Labute approximate surface area is 92.6 Å². The van der Waals surface area contributed by atoms with E-state index in [2.05, 4.69) is 19.2 Å². The van der Waals surface area contributed by atoms with E-state index >= 15 is 0 Å². The third-order valence-electron chi connectivity index (χ3n) is 2.86. The predicted octanol–water partition coefficient (Wildman–Crippen LogP) is 2.11. The van der Waals surface area contributed by atoms with Crippen LogP contribution in [0.1, 0.15) is 46.5 Å². The molecule has 0 heterocycles. The minimum Gasteiger partial charge on any atom is -0.466 e. The molecule has 3 nitrogen and oxygen atoms in total. The molecule has 0 radical (unpaired) electrons. The lowest BCUT2D eigenvalue weighted by Gasteiger charge is -2.29. The van der Waals surface area contributed by atoms with E-state index in [0.29, 0.717) is 18.7 Å². The molecule has 1 saturated carbocycles. The summed E-state index contributed by atoms with van der Waals surface area (Å²) in [6.45, 7) is 6.66. The van der Waals surface area contributed by atoms with Crippen molar-refractivity contribution < 1.29 is 9.53 Å². The molecule has 0 spiro atoms. The van der Waals surface area contributed by atoms with Gasteiger partial charge in [0, 0.05) is 12.1 Å². The zero-order valence-electron chi connectivity index (χ0n) is 10.1. The maximum absolute atomic E-state index is 11.6. The van der Waals surface area contributed by atoms with Gasteiger partial charge in [0.2, 0.25) is 0 Å². The van der Waals surface area contributed by atoms with Gasteiger partial charge in [-0.2, -0.15) is 0 Å². The number of carbonyl (C=O) groups excluding carboxylic acids is 1. The average Bonchev–Trinajstić information content (AvgIpc) is 2.17. The lowest BCUT2D eigenvalue weighted by molar-refractivity contribution is -0.149. The summed E-state index contributed by atoms with van der Waals surface area (Å²) in [5.41, 5.74) is 0. The van der Waals surface area contributed by atoms with E-state index in [1.165, 1.54) is 6.42 Å². The van der Waals surface area contributed by atoms with E-state index in [1.54, 1.807) is 0 Å². The zero-order valence-corrected chi connectivity index (χ0v) is 10.1. The molecule has 0 aliphatic heterocycles. The second-order valence-electron chi connectivity index (χ2n) is 4.63. The molecule has 0 aromatic rings. The van der Waals surface area contributed by atoms with Gasteiger partial charge >= 0.3 is 5.97 Å². The van der Waals surface area contributed by atoms with Gasteiger partial charge in [-0.3, -0.25) is 4.79 Å². The van der Waals surface area contributed by atoms with Gasteiger partial charge in [-0.1, -0.05) is 20.3 Å². The molecule has 2 unspecified atom stereocenters. The molecule has 1 aliphatic rings. The largest absolute Gasteiger partial charge is 0.466 e. The van der Waals surface area contributed by atoms with Crippen molar-refractivity contribution in [2.24, 2.45) is 5.92 Å². The van der Waals surface area contributed by atoms with E-state index in [0.717, 1.165) is 19.3 Å². The Morgan fingerprint density at radius 1 is 1.47 bits per heavy atom. The monoisotopic (exact) mass is 213 g/mol. The number of ether oxygens (including phenoxy) is 1. The summed E-state index contributed by atoms with van der Waals surface area (Å²) in [5.74, 6) is 0.114. The molecule has 3 heteroatoms. The molecule has 88 valence electrons. The lowest BCUT2D eigenvalue weighted by Crippen LogP contribution is -2.40. The van der Waals surface area contributed by atoms with Crippen LogP contribution in [0.5, 0.6) is 0 Å². The second kappa shape index (κ2) is 6.11. The highest BCUT2D eigenvalue weighted by Gasteiger charge is 2.28. The van der Waals surface area contributed by atoms with E-state index in [1.807, 2.05) is 6.92 Å². The van der Waals surface area contributed by atoms with Crippen LogP contribution in [0.15, 0.2) is 0 Å². The van der Waals surface area contributed by atoms with E-state index in [-0.39, 0.29) is 11.9 Å². The number of rotatable bonds is 4. The smallest absolute Gasteiger partial charge is 0.308 e. The Hall–Kier alpha value is -0.570. The van der Waals surface area contributed by atoms with Gasteiger partial charge in [0.15, 0.2) is 0 Å². The maximum Gasteiger partial charge on any atom is 0.308 e. The zero-order chi connectivity index (χ0) is 11.3. The first kappa shape index (κ1) is 12.5. The molecule has 0 bridgehead atoms. The lowest BCUT2D eigenvalue weighted by atomic mass is 9.85. The molecule has 2 atom stereocenters. The van der Waals surface area contributed by atoms with Crippen molar-refractivity contribution in [2.45, 2.75) is 58.5 Å².